The molecule has 122 valence electrons. The average molecular weight is 358 g/mol. The first-order valence-electron chi connectivity index (χ1n) is 7.12. The minimum absolute atomic E-state index is 0. The van der Waals surface area contributed by atoms with Gasteiger partial charge in [0.15, 0.2) is 0 Å². The van der Waals surface area contributed by atoms with Crippen molar-refractivity contribution in [3.8, 4) is 0 Å². The van der Waals surface area contributed by atoms with Crippen LogP contribution in [-0.2, 0) is 0 Å². The predicted octanol–water partition coefficient (Wildman–Crippen LogP) is 4.46. The lowest BCUT2D eigenvalue weighted by Crippen LogP contribution is -2.45. The number of nitrogens with one attached hydrogen (secondary N) is 1. The van der Waals surface area contributed by atoms with Gasteiger partial charge in [0.05, 0.1) is 5.02 Å². The fourth-order valence-corrected chi connectivity index (χ4v) is 2.79. The number of benzene rings is 1. The van der Waals surface area contributed by atoms with E-state index in [0.717, 1.165) is 38.2 Å². The van der Waals surface area contributed by atoms with E-state index < -0.39 is 0 Å². The van der Waals surface area contributed by atoms with Crippen molar-refractivity contribution in [3.63, 3.8) is 0 Å². The molecule has 1 heterocycles. The van der Waals surface area contributed by atoms with Gasteiger partial charge in [-0.25, -0.2) is 4.39 Å². The lowest BCUT2D eigenvalue weighted by atomic mass is 9.98. The van der Waals surface area contributed by atoms with E-state index in [4.69, 9.17) is 11.6 Å². The van der Waals surface area contributed by atoms with Gasteiger partial charge in [-0.05, 0) is 24.1 Å². The largest absolute Gasteiger partial charge is 0.314 e. The van der Waals surface area contributed by atoms with Gasteiger partial charge in [-0.1, -0.05) is 37.4 Å². The molecular weight excluding hydrogens is 334 g/mol. The standard InChI is InChI=1S/C15H22ClFN2.2ClH/c1-2-3-4-15(19-9-7-18-8-10-19)12-5-6-13(16)14(17)11-12;;/h5-6,11,15,18H,2-4,7-10H2,1H3;2*1H/t15-;;/m0../s1. The molecule has 2 rings (SSSR count). The molecule has 1 aliphatic heterocycles. The minimum atomic E-state index is -0.309. The molecule has 0 saturated carbocycles. The maximum absolute atomic E-state index is 13.7. The third kappa shape index (κ3) is 5.91. The Morgan fingerprint density at radius 2 is 1.95 bits per heavy atom. The van der Waals surface area contributed by atoms with E-state index >= 15 is 0 Å². The van der Waals surface area contributed by atoms with Crippen molar-refractivity contribution in [3.05, 3.63) is 34.6 Å². The highest BCUT2D eigenvalue weighted by Gasteiger charge is 2.22. The lowest BCUT2D eigenvalue weighted by molar-refractivity contribution is 0.163. The van der Waals surface area contributed by atoms with Crippen LogP contribution in [-0.4, -0.2) is 31.1 Å². The van der Waals surface area contributed by atoms with Crippen LogP contribution >= 0.6 is 36.4 Å². The molecule has 1 atom stereocenters. The Hall–Kier alpha value is -0.0600. The molecule has 1 N–H and O–H groups in total. The van der Waals surface area contributed by atoms with E-state index in [9.17, 15) is 4.39 Å². The molecule has 2 nitrogen and oxygen atoms in total. The van der Waals surface area contributed by atoms with Gasteiger partial charge in [0.2, 0.25) is 0 Å². The summed E-state index contributed by atoms with van der Waals surface area (Å²) in [5, 5.41) is 3.57. The van der Waals surface area contributed by atoms with Crippen LogP contribution in [0.2, 0.25) is 5.02 Å². The van der Waals surface area contributed by atoms with E-state index in [1.165, 1.54) is 12.8 Å². The molecule has 0 bridgehead atoms. The Morgan fingerprint density at radius 1 is 1.29 bits per heavy atom. The van der Waals surface area contributed by atoms with Crippen LogP contribution in [0.5, 0.6) is 0 Å². The summed E-state index contributed by atoms with van der Waals surface area (Å²) in [5.41, 5.74) is 1.05. The number of hydrogen-bond donors (Lipinski definition) is 1. The highest BCUT2D eigenvalue weighted by molar-refractivity contribution is 6.30. The molecule has 0 radical (unpaired) electrons. The van der Waals surface area contributed by atoms with Gasteiger partial charge in [-0.2, -0.15) is 0 Å². The molecule has 21 heavy (non-hydrogen) atoms. The van der Waals surface area contributed by atoms with E-state index in [-0.39, 0.29) is 35.7 Å². The van der Waals surface area contributed by atoms with E-state index in [2.05, 4.69) is 17.1 Å². The molecule has 0 spiro atoms. The summed E-state index contributed by atoms with van der Waals surface area (Å²) in [6.07, 6.45) is 3.41. The zero-order valence-electron chi connectivity index (χ0n) is 12.3. The van der Waals surface area contributed by atoms with E-state index in [1.54, 1.807) is 12.1 Å². The first-order valence-corrected chi connectivity index (χ1v) is 7.50. The van der Waals surface area contributed by atoms with Crippen molar-refractivity contribution in [1.29, 1.82) is 0 Å². The first kappa shape index (κ1) is 20.9. The van der Waals surface area contributed by atoms with Crippen LogP contribution in [0.4, 0.5) is 4.39 Å². The van der Waals surface area contributed by atoms with Crippen LogP contribution in [0.1, 0.15) is 37.8 Å². The number of nitrogens with zero attached hydrogens (tertiary/aromatic N) is 1. The molecule has 1 fully saturated rings. The van der Waals surface area contributed by atoms with Gasteiger partial charge in [0.25, 0.3) is 0 Å². The summed E-state index contributed by atoms with van der Waals surface area (Å²) in [7, 11) is 0. The van der Waals surface area contributed by atoms with Crippen LogP contribution in [0.25, 0.3) is 0 Å². The molecule has 0 unspecified atom stereocenters. The number of rotatable bonds is 5. The Labute approximate surface area is 144 Å². The highest BCUT2D eigenvalue weighted by atomic mass is 35.5. The smallest absolute Gasteiger partial charge is 0.142 e. The summed E-state index contributed by atoms with van der Waals surface area (Å²) in [5.74, 6) is -0.309. The second-order valence-corrected chi connectivity index (χ2v) is 5.52. The monoisotopic (exact) mass is 356 g/mol. The van der Waals surface area contributed by atoms with Gasteiger partial charge < -0.3 is 5.32 Å². The molecule has 1 saturated heterocycles. The Kier molecular flexibility index (Phi) is 10.6. The summed E-state index contributed by atoms with van der Waals surface area (Å²) in [6.45, 7) is 6.27. The van der Waals surface area contributed by atoms with Crippen molar-refractivity contribution in [2.45, 2.75) is 32.2 Å². The van der Waals surface area contributed by atoms with Gasteiger partial charge in [-0.15, -0.1) is 24.8 Å². The Bertz CT molecular complexity index is 412. The van der Waals surface area contributed by atoms with E-state index in [1.807, 2.05) is 6.07 Å². The second-order valence-electron chi connectivity index (χ2n) is 5.12. The lowest BCUT2D eigenvalue weighted by Gasteiger charge is -2.35. The van der Waals surface area contributed by atoms with Gasteiger partial charge in [0, 0.05) is 32.2 Å². The van der Waals surface area contributed by atoms with Gasteiger partial charge >= 0.3 is 0 Å². The van der Waals surface area contributed by atoms with Crippen LogP contribution in [0.3, 0.4) is 0 Å². The van der Waals surface area contributed by atoms with Crippen molar-refractivity contribution in [2.24, 2.45) is 0 Å². The number of hydrogen-bond acceptors (Lipinski definition) is 2. The topological polar surface area (TPSA) is 15.3 Å². The number of unbranched alkanes of at least 4 members (excludes halogenated alkanes) is 1. The van der Waals surface area contributed by atoms with Crippen LogP contribution in [0, 0.1) is 5.82 Å². The number of halogens is 4. The normalized spacial score (nSPS) is 16.7. The second kappa shape index (κ2) is 10.6. The van der Waals surface area contributed by atoms with Crippen molar-refractivity contribution in [1.82, 2.24) is 10.2 Å². The predicted molar refractivity (Wildman–Crippen MR) is 92.6 cm³/mol. The SMILES string of the molecule is CCCC[C@@H](c1ccc(Cl)c(F)c1)N1CCNCC1.Cl.Cl. The van der Waals surface area contributed by atoms with Crippen LogP contribution < -0.4 is 5.32 Å². The van der Waals surface area contributed by atoms with Gasteiger partial charge in [-0.3, -0.25) is 4.90 Å². The average Bonchev–Trinajstić information content (AvgIpc) is 2.44. The summed E-state index contributed by atoms with van der Waals surface area (Å²) < 4.78 is 13.7. The summed E-state index contributed by atoms with van der Waals surface area (Å²) >= 11 is 5.78. The van der Waals surface area contributed by atoms with Gasteiger partial charge in [0.1, 0.15) is 5.82 Å². The molecule has 6 heteroatoms. The fraction of sp³-hybridized carbons (Fsp3) is 0.600. The molecule has 0 amide bonds. The molecule has 0 aliphatic carbocycles. The summed E-state index contributed by atoms with van der Waals surface area (Å²) in [6, 6.07) is 5.56. The third-order valence-electron chi connectivity index (χ3n) is 3.75. The zero-order valence-corrected chi connectivity index (χ0v) is 14.7. The first-order chi connectivity index (χ1) is 9.22. The zero-order chi connectivity index (χ0) is 13.7. The fourth-order valence-electron chi connectivity index (χ4n) is 2.67. The minimum Gasteiger partial charge on any atom is -0.314 e. The third-order valence-corrected chi connectivity index (χ3v) is 4.06. The number of piperazine rings is 1. The molecule has 1 aromatic carbocycles. The maximum atomic E-state index is 13.7. The molecular formula is C15H24Cl3FN2. The summed E-state index contributed by atoms with van der Waals surface area (Å²) in [4.78, 5) is 2.45. The van der Waals surface area contributed by atoms with Crippen molar-refractivity contribution < 1.29 is 4.39 Å². The van der Waals surface area contributed by atoms with Crippen molar-refractivity contribution >= 4 is 36.4 Å². The van der Waals surface area contributed by atoms with E-state index in [0.29, 0.717) is 6.04 Å². The molecule has 0 aromatic heterocycles. The molecule has 1 aliphatic rings. The maximum Gasteiger partial charge on any atom is 0.142 e. The van der Waals surface area contributed by atoms with Crippen molar-refractivity contribution in [2.75, 3.05) is 26.2 Å². The molecule has 1 aromatic rings. The quantitative estimate of drug-likeness (QED) is 0.837. The van der Waals surface area contributed by atoms with Crippen LogP contribution in [0.15, 0.2) is 18.2 Å². The Balaban J connectivity index is 0.00000200. The Morgan fingerprint density at radius 3 is 2.52 bits per heavy atom. The highest BCUT2D eigenvalue weighted by Crippen LogP contribution is 2.29.